The van der Waals surface area contributed by atoms with Crippen molar-refractivity contribution in [3.63, 3.8) is 0 Å². The number of hydrogen-bond acceptors (Lipinski definition) is 4. The molecule has 1 N–H and O–H groups in total. The fraction of sp³-hybridized carbons (Fsp3) is 0.0200. The van der Waals surface area contributed by atoms with Gasteiger partial charge in [0, 0.05) is 27.5 Å². The van der Waals surface area contributed by atoms with Crippen LogP contribution < -0.4 is 14.8 Å². The van der Waals surface area contributed by atoms with Crippen LogP contribution in [-0.4, -0.2) is 10.3 Å². The van der Waals surface area contributed by atoms with Crippen molar-refractivity contribution in [1.82, 2.24) is 9.88 Å². The summed E-state index contributed by atoms with van der Waals surface area (Å²) in [7, 11) is 0. The molecular formula is C50H33N3O2. The molecule has 1 unspecified atom stereocenters. The molecule has 2 aliphatic heterocycles. The van der Waals surface area contributed by atoms with Gasteiger partial charge in [-0.3, -0.25) is 4.99 Å². The second-order valence-corrected chi connectivity index (χ2v) is 14.0. The highest BCUT2D eigenvalue weighted by Gasteiger charge is 2.26. The van der Waals surface area contributed by atoms with Crippen LogP contribution in [-0.2, 0) is 0 Å². The van der Waals surface area contributed by atoms with Gasteiger partial charge in [-0.15, -0.1) is 0 Å². The molecule has 1 aromatic heterocycles. The zero-order valence-corrected chi connectivity index (χ0v) is 29.7. The Morgan fingerprint density at radius 2 is 1.15 bits per heavy atom. The van der Waals surface area contributed by atoms with E-state index in [0.29, 0.717) is 23.0 Å². The van der Waals surface area contributed by atoms with Crippen LogP contribution >= 0.6 is 0 Å². The predicted octanol–water partition coefficient (Wildman–Crippen LogP) is 12.6. The van der Waals surface area contributed by atoms with Crippen LogP contribution in [0.1, 0.15) is 22.9 Å². The first-order chi connectivity index (χ1) is 27.2. The van der Waals surface area contributed by atoms with Crippen molar-refractivity contribution in [3.8, 4) is 39.8 Å². The van der Waals surface area contributed by atoms with E-state index in [-0.39, 0.29) is 6.17 Å². The summed E-state index contributed by atoms with van der Waals surface area (Å²) in [6.07, 6.45) is 1.90. The molecule has 3 heterocycles. The number of ether oxygens (including phenoxy) is 2. The lowest BCUT2D eigenvalue weighted by Crippen LogP contribution is -2.24. The van der Waals surface area contributed by atoms with Crippen molar-refractivity contribution in [2.45, 2.75) is 6.17 Å². The number of nitrogens with zero attached hydrogens (tertiary/aromatic N) is 2. The van der Waals surface area contributed by atoms with Gasteiger partial charge in [0.25, 0.3) is 0 Å². The summed E-state index contributed by atoms with van der Waals surface area (Å²) in [6, 6.07) is 63.4. The van der Waals surface area contributed by atoms with E-state index in [0.717, 1.165) is 66.7 Å². The fourth-order valence-electron chi connectivity index (χ4n) is 8.04. The lowest BCUT2D eigenvalue weighted by molar-refractivity contribution is 0.362. The molecule has 0 amide bonds. The zero-order chi connectivity index (χ0) is 36.3. The third kappa shape index (κ3) is 5.28. The molecule has 5 heteroatoms. The van der Waals surface area contributed by atoms with Crippen LogP contribution in [0, 0.1) is 0 Å². The predicted molar refractivity (Wildman–Crippen MR) is 224 cm³/mol. The van der Waals surface area contributed by atoms with E-state index in [4.69, 9.17) is 14.5 Å². The lowest BCUT2D eigenvalue weighted by Gasteiger charge is -2.25. The highest BCUT2D eigenvalue weighted by Crippen LogP contribution is 2.51. The summed E-state index contributed by atoms with van der Waals surface area (Å²) in [5, 5.41) is 8.35. The van der Waals surface area contributed by atoms with Crippen molar-refractivity contribution in [2.75, 3.05) is 0 Å². The number of aliphatic imine (C=N–C) groups is 1. The van der Waals surface area contributed by atoms with Gasteiger partial charge in [0.15, 0.2) is 23.0 Å². The Bertz CT molecular complexity index is 3000. The van der Waals surface area contributed by atoms with Gasteiger partial charge >= 0.3 is 0 Å². The van der Waals surface area contributed by atoms with Crippen molar-refractivity contribution < 1.29 is 9.47 Å². The number of benzene rings is 8. The van der Waals surface area contributed by atoms with E-state index in [9.17, 15) is 0 Å². The Morgan fingerprint density at radius 1 is 0.473 bits per heavy atom. The van der Waals surface area contributed by atoms with Crippen LogP contribution in [0.15, 0.2) is 193 Å². The van der Waals surface area contributed by atoms with Crippen molar-refractivity contribution >= 4 is 44.0 Å². The molecule has 0 radical (unpaired) electrons. The smallest absolute Gasteiger partial charge is 0.194 e. The Balaban J connectivity index is 1.02. The molecule has 0 saturated carbocycles. The summed E-state index contributed by atoms with van der Waals surface area (Å²) in [5.74, 6) is 2.84. The summed E-state index contributed by atoms with van der Waals surface area (Å²) in [5.41, 5.74) is 10.7. The number of aromatic nitrogens is 1. The van der Waals surface area contributed by atoms with E-state index in [1.54, 1.807) is 0 Å². The molecule has 9 aromatic rings. The maximum atomic E-state index is 6.66. The number of allylic oxidation sites excluding steroid dienone is 1. The quantitative estimate of drug-likeness (QED) is 0.194. The first-order valence-corrected chi connectivity index (χ1v) is 18.6. The maximum Gasteiger partial charge on any atom is 0.194 e. The van der Waals surface area contributed by atoms with Crippen LogP contribution in [0.4, 0.5) is 0 Å². The second-order valence-electron chi connectivity index (χ2n) is 14.0. The number of rotatable bonds is 5. The summed E-state index contributed by atoms with van der Waals surface area (Å²) in [4.78, 5) is 5.22. The van der Waals surface area contributed by atoms with Gasteiger partial charge in [-0.25, -0.2) is 0 Å². The van der Waals surface area contributed by atoms with Crippen LogP contribution in [0.25, 0.3) is 55.1 Å². The standard InChI is InChI=1S/C50H33N3O2/c1-3-13-34(14-4-1)42-31-43(35-15-5-2-6-16-35)52-50(51-42)37-18-11-17-36(30-37)32-22-25-38(26-23-32)53-47-39-19-8-7-12-33(39)24-27-40(47)41-28-29-46-49(48(41)53)55-45-21-10-9-20-44(45)54-46/h1-31,50-51H. The SMILES string of the molecule is C1=C(c2ccccc2)NC(c2cccc(-c3ccc(-n4c5c6c(ccc5c5ccc7ccccc7c54)Oc4ccccc4O6)cc3)c2)N=C1c1ccccc1. The third-order valence-electron chi connectivity index (χ3n) is 10.7. The molecule has 11 rings (SSSR count). The molecule has 0 bridgehead atoms. The Kier molecular flexibility index (Phi) is 7.17. The number of fused-ring (bicyclic) bond motifs is 8. The normalized spacial score (nSPS) is 14.7. The monoisotopic (exact) mass is 707 g/mol. The van der Waals surface area contributed by atoms with Crippen molar-refractivity contribution in [2.24, 2.45) is 4.99 Å². The zero-order valence-electron chi connectivity index (χ0n) is 29.7. The molecule has 5 nitrogen and oxygen atoms in total. The van der Waals surface area contributed by atoms with Gasteiger partial charge in [0.1, 0.15) is 11.7 Å². The highest BCUT2D eigenvalue weighted by molar-refractivity contribution is 6.20. The minimum absolute atomic E-state index is 0.251. The van der Waals surface area contributed by atoms with Gasteiger partial charge in [-0.1, -0.05) is 140 Å². The summed E-state index contributed by atoms with van der Waals surface area (Å²) >= 11 is 0. The average Bonchev–Trinajstić information content (AvgIpc) is 3.62. The van der Waals surface area contributed by atoms with Gasteiger partial charge in [-0.05, 0) is 81.7 Å². The van der Waals surface area contributed by atoms with Crippen LogP contribution in [0.3, 0.4) is 0 Å². The highest BCUT2D eigenvalue weighted by atomic mass is 16.6. The maximum absolute atomic E-state index is 6.66. The molecule has 0 aliphatic carbocycles. The topological polar surface area (TPSA) is 47.8 Å². The molecule has 0 fully saturated rings. The molecule has 1 atom stereocenters. The average molecular weight is 708 g/mol. The fourth-order valence-corrected chi connectivity index (χ4v) is 8.04. The summed E-state index contributed by atoms with van der Waals surface area (Å²) in [6.45, 7) is 0. The van der Waals surface area contributed by atoms with Crippen LogP contribution in [0.5, 0.6) is 23.0 Å². The van der Waals surface area contributed by atoms with Gasteiger partial charge in [0.05, 0.1) is 11.2 Å². The molecule has 8 aromatic carbocycles. The molecule has 0 saturated heterocycles. The number of nitrogens with one attached hydrogen (secondary N) is 1. The first kappa shape index (κ1) is 31.2. The van der Waals surface area contributed by atoms with Gasteiger partial charge in [0.2, 0.25) is 0 Å². The van der Waals surface area contributed by atoms with E-state index in [2.05, 4.69) is 155 Å². The minimum Gasteiger partial charge on any atom is -0.449 e. The minimum atomic E-state index is -0.251. The second kappa shape index (κ2) is 12.6. The number of hydrogen-bond donors (Lipinski definition) is 1. The van der Waals surface area contributed by atoms with Crippen molar-refractivity contribution in [3.05, 3.63) is 205 Å². The Morgan fingerprint density at radius 3 is 1.96 bits per heavy atom. The van der Waals surface area contributed by atoms with Crippen LogP contribution in [0.2, 0.25) is 0 Å². The lowest BCUT2D eigenvalue weighted by atomic mass is 9.99. The van der Waals surface area contributed by atoms with E-state index in [1.807, 2.05) is 42.5 Å². The molecule has 2 aliphatic rings. The third-order valence-corrected chi connectivity index (χ3v) is 10.7. The number of para-hydroxylation sites is 2. The van der Waals surface area contributed by atoms with E-state index >= 15 is 0 Å². The molecule has 0 spiro atoms. The Labute approximate surface area is 318 Å². The van der Waals surface area contributed by atoms with Gasteiger partial charge < -0.3 is 19.4 Å². The van der Waals surface area contributed by atoms with Crippen molar-refractivity contribution in [1.29, 1.82) is 0 Å². The molecular weight excluding hydrogens is 675 g/mol. The Hall–Kier alpha value is -7.37. The largest absolute Gasteiger partial charge is 0.449 e. The van der Waals surface area contributed by atoms with E-state index in [1.165, 1.54) is 10.8 Å². The van der Waals surface area contributed by atoms with Gasteiger partial charge in [-0.2, -0.15) is 0 Å². The molecule has 55 heavy (non-hydrogen) atoms. The van der Waals surface area contributed by atoms with E-state index < -0.39 is 0 Å². The summed E-state index contributed by atoms with van der Waals surface area (Å²) < 4.78 is 15.4. The first-order valence-electron chi connectivity index (χ1n) is 18.6. The molecule has 260 valence electrons.